The number of oxazole rings is 1. The quantitative estimate of drug-likeness (QED) is 0.666. The molecule has 1 fully saturated rings. The molecule has 0 aliphatic heterocycles. The molecule has 0 aromatic carbocycles. The first-order chi connectivity index (χ1) is 4.90. The minimum Gasteiger partial charge on any atom is -0.443 e. The van der Waals surface area contributed by atoms with Gasteiger partial charge in [0, 0.05) is 5.92 Å². The van der Waals surface area contributed by atoms with Crippen LogP contribution in [-0.4, -0.2) is 10.1 Å². The molecule has 0 unspecified atom stereocenters. The third kappa shape index (κ3) is 0.926. The second-order valence-electron chi connectivity index (χ2n) is 2.60. The zero-order valence-electron chi connectivity index (χ0n) is 5.58. The third-order valence-corrected chi connectivity index (χ3v) is 1.65. The summed E-state index contributed by atoms with van der Waals surface area (Å²) in [6.07, 6.45) is 3.96. The van der Waals surface area contributed by atoms with Crippen LogP contribution in [0, 0.1) is 0 Å². The van der Waals surface area contributed by atoms with Crippen LogP contribution in [0.4, 0.5) is 0 Å². The summed E-state index contributed by atoms with van der Waals surface area (Å²) in [6, 6.07) is 0. The highest BCUT2D eigenvalue weighted by Gasteiger charge is 2.28. The van der Waals surface area contributed by atoms with Crippen LogP contribution < -0.4 is 0 Å². The van der Waals surface area contributed by atoms with Crippen LogP contribution in [0.1, 0.15) is 30.4 Å². The first-order valence-electron chi connectivity index (χ1n) is 3.45. The van der Waals surface area contributed by atoms with Gasteiger partial charge in [0.1, 0.15) is 12.4 Å². The SMILES string of the molecule is OCc1cnc(C2CC2)o1. The Morgan fingerprint density at radius 3 is 3.00 bits per heavy atom. The van der Waals surface area contributed by atoms with E-state index in [0.29, 0.717) is 11.7 Å². The Balaban J connectivity index is 2.19. The highest BCUT2D eigenvalue weighted by molar-refractivity contribution is 5.03. The predicted molar refractivity (Wildman–Crippen MR) is 34.4 cm³/mol. The van der Waals surface area contributed by atoms with E-state index in [0.717, 1.165) is 5.89 Å². The molecule has 0 saturated heterocycles. The molecule has 0 spiro atoms. The highest BCUT2D eigenvalue weighted by atomic mass is 16.4. The van der Waals surface area contributed by atoms with Crippen LogP contribution in [-0.2, 0) is 6.61 Å². The minimum atomic E-state index is -0.0419. The summed E-state index contributed by atoms with van der Waals surface area (Å²) in [6.45, 7) is -0.0419. The summed E-state index contributed by atoms with van der Waals surface area (Å²) in [5.74, 6) is 1.91. The van der Waals surface area contributed by atoms with E-state index < -0.39 is 0 Å². The van der Waals surface area contributed by atoms with E-state index in [9.17, 15) is 0 Å². The molecule has 1 aromatic heterocycles. The van der Waals surface area contributed by atoms with Crippen LogP contribution in [0.25, 0.3) is 0 Å². The number of hydrogen-bond donors (Lipinski definition) is 1. The van der Waals surface area contributed by atoms with Gasteiger partial charge in [-0.3, -0.25) is 0 Å². The summed E-state index contributed by atoms with van der Waals surface area (Å²) in [5, 5.41) is 8.62. The maximum Gasteiger partial charge on any atom is 0.197 e. The fourth-order valence-corrected chi connectivity index (χ4v) is 0.915. The zero-order valence-corrected chi connectivity index (χ0v) is 5.58. The number of rotatable bonds is 2. The first-order valence-corrected chi connectivity index (χ1v) is 3.45. The fraction of sp³-hybridized carbons (Fsp3) is 0.571. The average molecular weight is 139 g/mol. The van der Waals surface area contributed by atoms with Gasteiger partial charge in [-0.25, -0.2) is 4.98 Å². The Labute approximate surface area is 58.7 Å². The first kappa shape index (κ1) is 5.92. The molecule has 0 radical (unpaired) electrons. The van der Waals surface area contributed by atoms with Crippen LogP contribution in [0.2, 0.25) is 0 Å². The standard InChI is InChI=1S/C7H9NO2/c9-4-6-3-8-7(10-6)5-1-2-5/h3,5,9H,1-2,4H2. The van der Waals surface area contributed by atoms with Crippen molar-refractivity contribution in [1.82, 2.24) is 4.98 Å². The van der Waals surface area contributed by atoms with Crippen molar-refractivity contribution in [2.75, 3.05) is 0 Å². The van der Waals surface area contributed by atoms with Gasteiger partial charge in [-0.05, 0) is 12.8 Å². The summed E-state index contributed by atoms with van der Waals surface area (Å²) < 4.78 is 5.20. The summed E-state index contributed by atoms with van der Waals surface area (Å²) in [4.78, 5) is 4.02. The lowest BCUT2D eigenvalue weighted by atomic mass is 10.4. The van der Waals surface area contributed by atoms with Crippen molar-refractivity contribution in [3.05, 3.63) is 17.8 Å². The molecular weight excluding hydrogens is 130 g/mol. The number of aromatic nitrogens is 1. The molecule has 0 amide bonds. The van der Waals surface area contributed by atoms with E-state index in [1.54, 1.807) is 6.20 Å². The minimum absolute atomic E-state index is 0.0419. The monoisotopic (exact) mass is 139 g/mol. The van der Waals surface area contributed by atoms with Crippen molar-refractivity contribution in [1.29, 1.82) is 0 Å². The maximum absolute atomic E-state index is 8.62. The van der Waals surface area contributed by atoms with E-state index in [1.807, 2.05) is 0 Å². The van der Waals surface area contributed by atoms with E-state index in [2.05, 4.69) is 4.98 Å². The van der Waals surface area contributed by atoms with Crippen molar-refractivity contribution in [3.63, 3.8) is 0 Å². The molecule has 3 heteroatoms. The van der Waals surface area contributed by atoms with Gasteiger partial charge in [-0.15, -0.1) is 0 Å². The Hall–Kier alpha value is -0.830. The van der Waals surface area contributed by atoms with Crippen molar-refractivity contribution in [3.8, 4) is 0 Å². The van der Waals surface area contributed by atoms with Crippen molar-refractivity contribution in [2.24, 2.45) is 0 Å². The molecule has 1 heterocycles. The van der Waals surface area contributed by atoms with Gasteiger partial charge >= 0.3 is 0 Å². The lowest BCUT2D eigenvalue weighted by Crippen LogP contribution is -1.75. The molecule has 1 aromatic rings. The van der Waals surface area contributed by atoms with Gasteiger partial charge in [0.15, 0.2) is 5.89 Å². The van der Waals surface area contributed by atoms with Gasteiger partial charge in [-0.1, -0.05) is 0 Å². The van der Waals surface area contributed by atoms with Crippen LogP contribution >= 0.6 is 0 Å². The molecule has 0 atom stereocenters. The molecule has 1 saturated carbocycles. The van der Waals surface area contributed by atoms with E-state index in [-0.39, 0.29) is 6.61 Å². The summed E-state index contributed by atoms with van der Waals surface area (Å²) >= 11 is 0. The molecule has 1 aliphatic rings. The Bertz CT molecular complexity index is 227. The number of aliphatic hydroxyl groups excluding tert-OH is 1. The average Bonchev–Trinajstić information content (AvgIpc) is 2.70. The van der Waals surface area contributed by atoms with Gasteiger partial charge < -0.3 is 9.52 Å². The van der Waals surface area contributed by atoms with Crippen LogP contribution in [0.15, 0.2) is 10.6 Å². The van der Waals surface area contributed by atoms with Crippen LogP contribution in [0.3, 0.4) is 0 Å². The van der Waals surface area contributed by atoms with Crippen molar-refractivity contribution < 1.29 is 9.52 Å². The second kappa shape index (κ2) is 2.09. The molecule has 1 N–H and O–H groups in total. The normalized spacial score (nSPS) is 17.7. The third-order valence-electron chi connectivity index (χ3n) is 1.65. The Morgan fingerprint density at radius 1 is 1.70 bits per heavy atom. The smallest absolute Gasteiger partial charge is 0.197 e. The Kier molecular flexibility index (Phi) is 1.24. The number of hydrogen-bond acceptors (Lipinski definition) is 3. The molecular formula is C7H9NO2. The predicted octanol–water partition coefficient (Wildman–Crippen LogP) is 1.04. The van der Waals surface area contributed by atoms with E-state index >= 15 is 0 Å². The molecule has 3 nitrogen and oxygen atoms in total. The van der Waals surface area contributed by atoms with E-state index in [1.165, 1.54) is 12.8 Å². The van der Waals surface area contributed by atoms with E-state index in [4.69, 9.17) is 9.52 Å². The lowest BCUT2D eigenvalue weighted by Gasteiger charge is -1.85. The highest BCUT2D eigenvalue weighted by Crippen LogP contribution is 2.39. The fourth-order valence-electron chi connectivity index (χ4n) is 0.915. The molecule has 10 heavy (non-hydrogen) atoms. The van der Waals surface area contributed by atoms with Gasteiger partial charge in [0.05, 0.1) is 6.20 Å². The number of aliphatic hydroxyl groups is 1. The molecule has 0 bridgehead atoms. The van der Waals surface area contributed by atoms with Crippen LogP contribution in [0.5, 0.6) is 0 Å². The Morgan fingerprint density at radius 2 is 2.50 bits per heavy atom. The maximum atomic E-state index is 8.62. The molecule has 2 rings (SSSR count). The largest absolute Gasteiger partial charge is 0.443 e. The zero-order chi connectivity index (χ0) is 6.97. The lowest BCUT2D eigenvalue weighted by molar-refractivity contribution is 0.243. The molecule has 54 valence electrons. The van der Waals surface area contributed by atoms with Crippen molar-refractivity contribution >= 4 is 0 Å². The van der Waals surface area contributed by atoms with Crippen molar-refractivity contribution in [2.45, 2.75) is 25.4 Å². The van der Waals surface area contributed by atoms with Gasteiger partial charge in [0.2, 0.25) is 0 Å². The number of nitrogens with zero attached hydrogens (tertiary/aromatic N) is 1. The molecule has 1 aliphatic carbocycles. The van der Waals surface area contributed by atoms with Gasteiger partial charge in [-0.2, -0.15) is 0 Å². The summed E-state index contributed by atoms with van der Waals surface area (Å²) in [5.41, 5.74) is 0. The van der Waals surface area contributed by atoms with Gasteiger partial charge in [0.25, 0.3) is 0 Å². The second-order valence-corrected chi connectivity index (χ2v) is 2.60. The summed E-state index contributed by atoms with van der Waals surface area (Å²) in [7, 11) is 0. The topological polar surface area (TPSA) is 46.3 Å².